The van der Waals surface area contributed by atoms with Gasteiger partial charge in [0.15, 0.2) is 0 Å². The monoisotopic (exact) mass is 296 g/mol. The fourth-order valence-electron chi connectivity index (χ4n) is 2.24. The van der Waals surface area contributed by atoms with Crippen LogP contribution in [0.4, 0.5) is 0 Å². The SMILES string of the molecule is N#Cc1ccc(Cc2nccc(-c3ccc(C#N)cc3)n2)cc1. The maximum Gasteiger partial charge on any atom is 0.133 e. The molecule has 1 aromatic heterocycles. The third kappa shape index (κ3) is 3.40. The molecule has 0 atom stereocenters. The molecule has 0 radical (unpaired) electrons. The Bertz CT molecular complexity index is 898. The Hall–Kier alpha value is -3.50. The molecule has 3 aromatic rings. The zero-order chi connectivity index (χ0) is 16.1. The Labute approximate surface area is 134 Å². The van der Waals surface area contributed by atoms with Gasteiger partial charge < -0.3 is 0 Å². The van der Waals surface area contributed by atoms with Crippen LogP contribution in [-0.2, 0) is 6.42 Å². The van der Waals surface area contributed by atoms with Crippen LogP contribution >= 0.6 is 0 Å². The number of hydrogen-bond donors (Lipinski definition) is 0. The summed E-state index contributed by atoms with van der Waals surface area (Å²) < 4.78 is 0. The predicted octanol–water partition coefficient (Wildman–Crippen LogP) is 3.48. The van der Waals surface area contributed by atoms with Crippen molar-refractivity contribution in [2.45, 2.75) is 6.42 Å². The van der Waals surface area contributed by atoms with Crippen LogP contribution in [0.15, 0.2) is 60.8 Å². The lowest BCUT2D eigenvalue weighted by Gasteiger charge is -2.05. The summed E-state index contributed by atoms with van der Waals surface area (Å²) in [6.07, 6.45) is 2.34. The molecule has 0 saturated carbocycles. The molecule has 0 fully saturated rings. The molecule has 3 rings (SSSR count). The minimum Gasteiger partial charge on any atom is -0.241 e. The van der Waals surface area contributed by atoms with Gasteiger partial charge >= 0.3 is 0 Å². The molecule has 0 bridgehead atoms. The fourth-order valence-corrected chi connectivity index (χ4v) is 2.24. The van der Waals surface area contributed by atoms with Crippen molar-refractivity contribution < 1.29 is 0 Å². The number of aromatic nitrogens is 2. The second-order valence-corrected chi connectivity index (χ2v) is 5.03. The van der Waals surface area contributed by atoms with E-state index in [1.807, 2.05) is 30.3 Å². The summed E-state index contributed by atoms with van der Waals surface area (Å²) in [5.41, 5.74) is 4.10. The van der Waals surface area contributed by atoms with Gasteiger partial charge in [-0.25, -0.2) is 9.97 Å². The van der Waals surface area contributed by atoms with E-state index in [1.165, 1.54) is 0 Å². The molecule has 0 aliphatic carbocycles. The highest BCUT2D eigenvalue weighted by molar-refractivity contribution is 5.59. The second kappa shape index (κ2) is 6.51. The van der Waals surface area contributed by atoms with E-state index in [2.05, 4.69) is 22.1 Å². The van der Waals surface area contributed by atoms with Gasteiger partial charge in [0, 0.05) is 18.2 Å². The molecule has 0 amide bonds. The molecule has 0 aliphatic rings. The molecular weight excluding hydrogens is 284 g/mol. The topological polar surface area (TPSA) is 73.4 Å². The van der Waals surface area contributed by atoms with E-state index in [9.17, 15) is 0 Å². The first-order chi connectivity index (χ1) is 11.3. The number of nitrogens with zero attached hydrogens (tertiary/aromatic N) is 4. The molecule has 108 valence electrons. The van der Waals surface area contributed by atoms with Gasteiger partial charge in [-0.05, 0) is 35.9 Å². The summed E-state index contributed by atoms with van der Waals surface area (Å²) in [7, 11) is 0. The summed E-state index contributed by atoms with van der Waals surface area (Å²) in [6.45, 7) is 0. The van der Waals surface area contributed by atoms with Crippen LogP contribution in [0.25, 0.3) is 11.3 Å². The average Bonchev–Trinajstić information content (AvgIpc) is 2.63. The lowest BCUT2D eigenvalue weighted by atomic mass is 10.1. The molecule has 0 aliphatic heterocycles. The van der Waals surface area contributed by atoms with Crippen molar-refractivity contribution in [3.05, 3.63) is 83.3 Å². The third-order valence-corrected chi connectivity index (χ3v) is 3.46. The van der Waals surface area contributed by atoms with Crippen molar-refractivity contribution in [3.8, 4) is 23.4 Å². The largest absolute Gasteiger partial charge is 0.241 e. The van der Waals surface area contributed by atoms with Crippen LogP contribution in [-0.4, -0.2) is 9.97 Å². The summed E-state index contributed by atoms with van der Waals surface area (Å²) in [5.74, 6) is 0.719. The van der Waals surface area contributed by atoms with E-state index in [-0.39, 0.29) is 0 Å². The molecule has 0 spiro atoms. The minimum absolute atomic E-state index is 0.607. The number of hydrogen-bond acceptors (Lipinski definition) is 4. The minimum atomic E-state index is 0.607. The first kappa shape index (κ1) is 14.4. The zero-order valence-electron chi connectivity index (χ0n) is 12.3. The lowest BCUT2D eigenvalue weighted by molar-refractivity contribution is 0.972. The molecule has 2 aromatic carbocycles. The Kier molecular flexibility index (Phi) is 4.09. The molecule has 23 heavy (non-hydrogen) atoms. The van der Waals surface area contributed by atoms with Crippen molar-refractivity contribution in [3.63, 3.8) is 0 Å². The van der Waals surface area contributed by atoms with Crippen LogP contribution in [0.2, 0.25) is 0 Å². The maximum absolute atomic E-state index is 8.85. The van der Waals surface area contributed by atoms with E-state index < -0.39 is 0 Å². The van der Waals surface area contributed by atoms with Crippen LogP contribution in [0.1, 0.15) is 22.5 Å². The van der Waals surface area contributed by atoms with Crippen LogP contribution in [0, 0.1) is 22.7 Å². The van der Waals surface area contributed by atoms with Crippen molar-refractivity contribution in [1.82, 2.24) is 9.97 Å². The highest BCUT2D eigenvalue weighted by Crippen LogP contribution is 2.18. The van der Waals surface area contributed by atoms with Gasteiger partial charge in [-0.2, -0.15) is 10.5 Å². The average molecular weight is 296 g/mol. The fraction of sp³-hybridized carbons (Fsp3) is 0.0526. The summed E-state index contributed by atoms with van der Waals surface area (Å²) in [5, 5.41) is 17.7. The molecule has 0 saturated heterocycles. The zero-order valence-corrected chi connectivity index (χ0v) is 12.3. The Balaban J connectivity index is 1.84. The van der Waals surface area contributed by atoms with E-state index in [1.54, 1.807) is 30.5 Å². The summed E-state index contributed by atoms with van der Waals surface area (Å²) >= 11 is 0. The lowest BCUT2D eigenvalue weighted by Crippen LogP contribution is -1.97. The van der Waals surface area contributed by atoms with E-state index >= 15 is 0 Å². The molecule has 4 nitrogen and oxygen atoms in total. The van der Waals surface area contributed by atoms with Crippen LogP contribution < -0.4 is 0 Å². The van der Waals surface area contributed by atoms with Gasteiger partial charge in [0.1, 0.15) is 5.82 Å². The van der Waals surface area contributed by atoms with E-state index in [4.69, 9.17) is 10.5 Å². The molecule has 0 unspecified atom stereocenters. The van der Waals surface area contributed by atoms with Gasteiger partial charge in [-0.3, -0.25) is 0 Å². The van der Waals surface area contributed by atoms with Crippen molar-refractivity contribution >= 4 is 0 Å². The van der Waals surface area contributed by atoms with Gasteiger partial charge in [0.05, 0.1) is 29.0 Å². The third-order valence-electron chi connectivity index (χ3n) is 3.46. The highest BCUT2D eigenvalue weighted by Gasteiger charge is 2.04. The summed E-state index contributed by atoms with van der Waals surface area (Å²) in [4.78, 5) is 8.89. The first-order valence-corrected chi connectivity index (χ1v) is 7.10. The standard InChI is InChI=1S/C19H12N4/c20-12-15-3-1-14(2-4-15)11-19-22-10-9-18(23-19)17-7-5-16(13-21)6-8-17/h1-10H,11H2. The van der Waals surface area contributed by atoms with Crippen molar-refractivity contribution in [1.29, 1.82) is 10.5 Å². The number of rotatable bonds is 3. The Morgan fingerprint density at radius 1 is 0.783 bits per heavy atom. The van der Waals surface area contributed by atoms with Crippen LogP contribution in [0.5, 0.6) is 0 Å². The number of nitriles is 2. The molecule has 1 heterocycles. The van der Waals surface area contributed by atoms with Crippen molar-refractivity contribution in [2.75, 3.05) is 0 Å². The van der Waals surface area contributed by atoms with Gasteiger partial charge in [0.25, 0.3) is 0 Å². The highest BCUT2D eigenvalue weighted by atomic mass is 14.9. The van der Waals surface area contributed by atoms with Gasteiger partial charge in [0.2, 0.25) is 0 Å². The quantitative estimate of drug-likeness (QED) is 0.741. The van der Waals surface area contributed by atoms with E-state index in [0.717, 1.165) is 22.6 Å². The van der Waals surface area contributed by atoms with Gasteiger partial charge in [-0.1, -0.05) is 24.3 Å². The maximum atomic E-state index is 8.85. The molecular formula is C19H12N4. The predicted molar refractivity (Wildman–Crippen MR) is 86.1 cm³/mol. The Morgan fingerprint density at radius 3 is 2.00 bits per heavy atom. The normalized spacial score (nSPS) is 9.83. The smallest absolute Gasteiger partial charge is 0.133 e. The summed E-state index contributed by atoms with van der Waals surface area (Å²) in [6, 6.07) is 20.8. The second-order valence-electron chi connectivity index (χ2n) is 5.03. The number of benzene rings is 2. The van der Waals surface area contributed by atoms with Crippen LogP contribution in [0.3, 0.4) is 0 Å². The first-order valence-electron chi connectivity index (χ1n) is 7.10. The van der Waals surface area contributed by atoms with Crippen molar-refractivity contribution in [2.24, 2.45) is 0 Å². The van der Waals surface area contributed by atoms with Gasteiger partial charge in [-0.15, -0.1) is 0 Å². The molecule has 0 N–H and O–H groups in total. The Morgan fingerprint density at radius 2 is 1.39 bits per heavy atom. The van der Waals surface area contributed by atoms with E-state index in [0.29, 0.717) is 17.5 Å². The molecule has 4 heteroatoms.